The molecule has 0 aliphatic heterocycles. The van der Waals surface area contributed by atoms with Crippen LogP contribution in [-0.2, 0) is 19.1 Å². The van der Waals surface area contributed by atoms with Crippen molar-refractivity contribution in [2.24, 2.45) is 5.73 Å². The van der Waals surface area contributed by atoms with E-state index in [2.05, 4.69) is 5.32 Å². The molecule has 1 aliphatic rings. The highest BCUT2D eigenvalue weighted by Gasteiger charge is 2.38. The molecule has 1 rings (SSSR count). The van der Waals surface area contributed by atoms with Crippen molar-refractivity contribution >= 4 is 11.9 Å². The third-order valence-electron chi connectivity index (χ3n) is 4.12. The number of amides is 1. The molecule has 0 aromatic heterocycles. The average molecular weight is 380 g/mol. The largest absolute Gasteiger partial charge is 0.463 e. The van der Waals surface area contributed by atoms with Crippen LogP contribution in [0.1, 0.15) is 46.5 Å². The monoisotopic (exact) mass is 380 g/mol. The lowest BCUT2D eigenvalue weighted by Crippen LogP contribution is -2.57. The van der Waals surface area contributed by atoms with Gasteiger partial charge < -0.3 is 20.5 Å². The number of carbonyl (C=O) groups excluding carboxylic acids is 2. The maximum atomic E-state index is 12.4. The minimum absolute atomic E-state index is 0.0819. The van der Waals surface area contributed by atoms with Gasteiger partial charge in [0.2, 0.25) is 5.91 Å². The van der Waals surface area contributed by atoms with Gasteiger partial charge in [-0.2, -0.15) is 13.2 Å². The fourth-order valence-electron chi connectivity index (χ4n) is 2.81. The van der Waals surface area contributed by atoms with E-state index in [-0.39, 0.29) is 19.1 Å². The van der Waals surface area contributed by atoms with Crippen molar-refractivity contribution < 1.29 is 32.2 Å². The Morgan fingerprint density at radius 3 is 2.42 bits per heavy atom. The summed E-state index contributed by atoms with van der Waals surface area (Å²) < 4.78 is 48.2. The normalized spacial score (nSPS) is 23.5. The summed E-state index contributed by atoms with van der Waals surface area (Å²) in [5.41, 5.74) is 6.34. The molecule has 0 aromatic rings. The van der Waals surface area contributed by atoms with E-state index in [1.807, 2.05) is 13.8 Å². The van der Waals surface area contributed by atoms with Crippen LogP contribution in [0.3, 0.4) is 0 Å². The van der Waals surface area contributed by atoms with Crippen LogP contribution in [0.15, 0.2) is 11.6 Å². The van der Waals surface area contributed by atoms with Crippen molar-refractivity contribution in [1.82, 2.24) is 5.32 Å². The van der Waals surface area contributed by atoms with E-state index in [0.717, 1.165) is 0 Å². The molecule has 0 saturated carbocycles. The maximum absolute atomic E-state index is 12.4. The lowest BCUT2D eigenvalue weighted by Gasteiger charge is -2.37. The minimum atomic E-state index is -4.61. The average Bonchev–Trinajstić information content (AvgIpc) is 2.53. The number of nitrogens with two attached hydrogens (primary N) is 1. The van der Waals surface area contributed by atoms with Gasteiger partial charge >= 0.3 is 12.1 Å². The molecule has 3 N–H and O–H groups in total. The summed E-state index contributed by atoms with van der Waals surface area (Å²) >= 11 is 0. The van der Waals surface area contributed by atoms with Crippen LogP contribution in [0, 0.1) is 0 Å². The first-order chi connectivity index (χ1) is 12.1. The number of alkyl halides is 3. The van der Waals surface area contributed by atoms with Crippen molar-refractivity contribution in [2.75, 3.05) is 6.61 Å². The lowest BCUT2D eigenvalue weighted by molar-refractivity contribution is -0.155. The van der Waals surface area contributed by atoms with Gasteiger partial charge in [0, 0.05) is 11.6 Å². The molecule has 0 unspecified atom stereocenters. The van der Waals surface area contributed by atoms with E-state index in [1.54, 1.807) is 6.92 Å². The molecule has 0 spiro atoms. The molecular weight excluding hydrogens is 353 g/mol. The number of esters is 1. The number of rotatable bonds is 8. The van der Waals surface area contributed by atoms with Gasteiger partial charge in [-0.15, -0.1) is 0 Å². The minimum Gasteiger partial charge on any atom is -0.463 e. The molecule has 26 heavy (non-hydrogen) atoms. The molecule has 0 saturated heterocycles. The molecular formula is C17H27F3N2O4. The molecule has 3 atom stereocenters. The molecule has 0 fully saturated rings. The zero-order chi connectivity index (χ0) is 19.9. The Hall–Kier alpha value is -1.61. The summed E-state index contributed by atoms with van der Waals surface area (Å²) in [7, 11) is 0. The molecule has 0 heterocycles. The van der Waals surface area contributed by atoms with Crippen LogP contribution in [0.4, 0.5) is 13.2 Å². The zero-order valence-corrected chi connectivity index (χ0v) is 15.3. The third-order valence-corrected chi connectivity index (χ3v) is 4.12. The van der Waals surface area contributed by atoms with E-state index in [1.165, 1.54) is 6.08 Å². The summed E-state index contributed by atoms with van der Waals surface area (Å²) in [6.45, 7) is 5.67. The van der Waals surface area contributed by atoms with E-state index in [9.17, 15) is 22.8 Å². The summed E-state index contributed by atoms with van der Waals surface area (Å²) in [5.74, 6) is -1.72. The van der Waals surface area contributed by atoms with Crippen LogP contribution in [-0.4, -0.2) is 49.0 Å². The number of nitrogens with one attached hydrogen (secondary N) is 1. The number of carbonyl (C=O) groups is 2. The topological polar surface area (TPSA) is 90.6 Å². The van der Waals surface area contributed by atoms with Crippen LogP contribution < -0.4 is 11.1 Å². The summed E-state index contributed by atoms with van der Waals surface area (Å²) in [4.78, 5) is 23.7. The van der Waals surface area contributed by atoms with Gasteiger partial charge in [0.05, 0.1) is 24.9 Å². The van der Waals surface area contributed by atoms with Crippen molar-refractivity contribution in [3.8, 4) is 0 Å². The van der Waals surface area contributed by atoms with E-state index in [4.69, 9.17) is 15.2 Å². The molecule has 9 heteroatoms. The molecule has 0 radical (unpaired) electrons. The molecule has 1 aliphatic carbocycles. The van der Waals surface area contributed by atoms with Gasteiger partial charge in [0.25, 0.3) is 0 Å². The maximum Gasteiger partial charge on any atom is 0.397 e. The van der Waals surface area contributed by atoms with Gasteiger partial charge in [0.1, 0.15) is 6.42 Å². The Bertz CT molecular complexity index is 519. The van der Waals surface area contributed by atoms with Crippen LogP contribution in [0.5, 0.6) is 0 Å². The highest BCUT2D eigenvalue weighted by Crippen LogP contribution is 2.25. The fourth-order valence-corrected chi connectivity index (χ4v) is 2.81. The Balaban J connectivity index is 3.00. The Labute approximate surface area is 151 Å². The van der Waals surface area contributed by atoms with E-state index in [0.29, 0.717) is 18.4 Å². The standard InChI is InChI=1S/C17H27F3N2O4/c1-4-11(5-2)26-13-8-10(16(24)25-6-3)7-12(21)15(13)22-14(23)9-17(18,19)20/h8,11-13,15H,4-7,9,21H2,1-3H3,(H,22,23)/t12-,13+,15+/m0/s1. The van der Waals surface area contributed by atoms with Gasteiger partial charge in [-0.05, 0) is 32.3 Å². The van der Waals surface area contributed by atoms with Crippen molar-refractivity contribution in [1.29, 1.82) is 0 Å². The van der Waals surface area contributed by atoms with Crippen molar-refractivity contribution in [3.05, 3.63) is 11.6 Å². The van der Waals surface area contributed by atoms with Gasteiger partial charge in [0.15, 0.2) is 0 Å². The van der Waals surface area contributed by atoms with Crippen LogP contribution in [0.2, 0.25) is 0 Å². The van der Waals surface area contributed by atoms with Gasteiger partial charge in [-0.25, -0.2) is 4.79 Å². The first-order valence-electron chi connectivity index (χ1n) is 8.76. The second-order valence-electron chi connectivity index (χ2n) is 6.20. The summed E-state index contributed by atoms with van der Waals surface area (Å²) in [5, 5.41) is 2.31. The predicted molar refractivity (Wildman–Crippen MR) is 89.2 cm³/mol. The third kappa shape index (κ3) is 6.95. The Morgan fingerprint density at radius 1 is 1.31 bits per heavy atom. The van der Waals surface area contributed by atoms with Crippen molar-refractivity contribution in [3.63, 3.8) is 0 Å². The quantitative estimate of drug-likeness (QED) is 0.630. The van der Waals surface area contributed by atoms with Gasteiger partial charge in [-0.3, -0.25) is 4.79 Å². The second kappa shape index (κ2) is 9.91. The lowest BCUT2D eigenvalue weighted by atomic mass is 9.88. The SMILES string of the molecule is CCOC(=O)C1=C[C@@H](OC(CC)CC)[C@H](NC(=O)CC(F)(F)F)[C@@H](N)C1. The highest BCUT2D eigenvalue weighted by atomic mass is 19.4. The molecule has 0 bridgehead atoms. The first kappa shape index (κ1) is 22.4. The number of halogens is 3. The van der Waals surface area contributed by atoms with Crippen molar-refractivity contribution in [2.45, 2.75) is 76.9 Å². The highest BCUT2D eigenvalue weighted by molar-refractivity contribution is 5.89. The fraction of sp³-hybridized carbons (Fsp3) is 0.765. The summed E-state index contributed by atoms with van der Waals surface area (Å²) in [6.07, 6.45) is -4.26. The molecule has 0 aromatic carbocycles. The first-order valence-corrected chi connectivity index (χ1v) is 8.76. The number of hydrogen-bond acceptors (Lipinski definition) is 5. The summed E-state index contributed by atoms with van der Waals surface area (Å²) in [6, 6.07) is -1.63. The Morgan fingerprint density at radius 2 is 1.92 bits per heavy atom. The zero-order valence-electron chi connectivity index (χ0n) is 15.3. The van der Waals surface area contributed by atoms with Gasteiger partial charge in [-0.1, -0.05) is 13.8 Å². The van der Waals surface area contributed by atoms with E-state index >= 15 is 0 Å². The Kier molecular flexibility index (Phi) is 8.55. The van der Waals surface area contributed by atoms with Crippen LogP contribution >= 0.6 is 0 Å². The number of ether oxygens (including phenoxy) is 2. The molecule has 150 valence electrons. The van der Waals surface area contributed by atoms with Crippen LogP contribution in [0.25, 0.3) is 0 Å². The smallest absolute Gasteiger partial charge is 0.397 e. The molecule has 1 amide bonds. The second-order valence-corrected chi connectivity index (χ2v) is 6.20. The molecule has 6 nitrogen and oxygen atoms in total. The number of hydrogen-bond donors (Lipinski definition) is 2. The predicted octanol–water partition coefficient (Wildman–Crippen LogP) is 2.22. The van der Waals surface area contributed by atoms with E-state index < -0.39 is 42.7 Å².